The van der Waals surface area contributed by atoms with Gasteiger partial charge in [0.1, 0.15) is 0 Å². The van der Waals surface area contributed by atoms with Crippen molar-refractivity contribution in [3.05, 3.63) is 0 Å². The van der Waals surface area contributed by atoms with E-state index in [9.17, 15) is 0 Å². The second kappa shape index (κ2) is 7.01. The molecule has 0 aromatic rings. The van der Waals surface area contributed by atoms with E-state index >= 15 is 0 Å². The summed E-state index contributed by atoms with van der Waals surface area (Å²) in [6.07, 6.45) is 3.74. The molecular formula is C13H24. The standard InChI is InChI=1S/C13H24/c1-11(2)7-6-8-13(5)10-9-12(3)4/h11-13H,8-10H2,1-5H3/t13-/m0/s1. The summed E-state index contributed by atoms with van der Waals surface area (Å²) in [5, 5.41) is 0. The molecular weight excluding hydrogens is 156 g/mol. The van der Waals surface area contributed by atoms with Crippen molar-refractivity contribution in [3.8, 4) is 11.8 Å². The van der Waals surface area contributed by atoms with Crippen LogP contribution < -0.4 is 0 Å². The monoisotopic (exact) mass is 180 g/mol. The molecule has 13 heavy (non-hydrogen) atoms. The van der Waals surface area contributed by atoms with Crippen LogP contribution in [0.15, 0.2) is 0 Å². The van der Waals surface area contributed by atoms with Crippen LogP contribution in [0.2, 0.25) is 0 Å². The van der Waals surface area contributed by atoms with E-state index in [4.69, 9.17) is 0 Å². The molecule has 0 bridgehead atoms. The van der Waals surface area contributed by atoms with Gasteiger partial charge < -0.3 is 0 Å². The highest BCUT2D eigenvalue weighted by atomic mass is 14.1. The Bertz CT molecular complexity index is 166. The topological polar surface area (TPSA) is 0 Å². The highest BCUT2D eigenvalue weighted by Crippen LogP contribution is 2.14. The fraction of sp³-hybridized carbons (Fsp3) is 0.846. The van der Waals surface area contributed by atoms with Gasteiger partial charge >= 0.3 is 0 Å². The summed E-state index contributed by atoms with van der Waals surface area (Å²) in [5.41, 5.74) is 0. The zero-order valence-corrected chi connectivity index (χ0v) is 9.85. The van der Waals surface area contributed by atoms with Crippen molar-refractivity contribution in [3.63, 3.8) is 0 Å². The Hall–Kier alpha value is -0.440. The molecule has 0 heteroatoms. The van der Waals surface area contributed by atoms with Crippen molar-refractivity contribution in [1.82, 2.24) is 0 Å². The van der Waals surface area contributed by atoms with E-state index in [-0.39, 0.29) is 0 Å². The molecule has 0 N–H and O–H groups in total. The summed E-state index contributed by atoms with van der Waals surface area (Å²) in [4.78, 5) is 0. The van der Waals surface area contributed by atoms with Gasteiger partial charge in [-0.2, -0.15) is 0 Å². The summed E-state index contributed by atoms with van der Waals surface area (Å²) in [5.74, 6) is 8.60. The maximum absolute atomic E-state index is 3.26. The largest absolute Gasteiger partial charge is 0.103 e. The molecule has 0 aliphatic rings. The van der Waals surface area contributed by atoms with Gasteiger partial charge in [-0.1, -0.05) is 41.0 Å². The molecule has 0 saturated heterocycles. The Labute approximate surface area is 84.1 Å². The van der Waals surface area contributed by atoms with Crippen LogP contribution in [0.1, 0.15) is 53.9 Å². The lowest BCUT2D eigenvalue weighted by Crippen LogP contribution is -1.96. The minimum Gasteiger partial charge on any atom is -0.103 e. The Kier molecular flexibility index (Phi) is 6.77. The van der Waals surface area contributed by atoms with Gasteiger partial charge in [0, 0.05) is 12.3 Å². The molecule has 0 rings (SSSR count). The molecule has 0 radical (unpaired) electrons. The number of hydrogen-bond acceptors (Lipinski definition) is 0. The molecule has 0 heterocycles. The van der Waals surface area contributed by atoms with Crippen LogP contribution in [-0.4, -0.2) is 0 Å². The van der Waals surface area contributed by atoms with Crippen molar-refractivity contribution in [2.75, 3.05) is 0 Å². The first kappa shape index (κ1) is 12.6. The second-order valence-electron chi connectivity index (χ2n) is 4.76. The van der Waals surface area contributed by atoms with Crippen molar-refractivity contribution in [2.45, 2.75) is 53.9 Å². The molecule has 0 nitrogen and oxygen atoms in total. The third kappa shape index (κ3) is 9.47. The van der Waals surface area contributed by atoms with Gasteiger partial charge in [-0.15, -0.1) is 11.8 Å². The Balaban J connectivity index is 3.53. The third-order valence-electron chi connectivity index (χ3n) is 2.08. The van der Waals surface area contributed by atoms with Crippen LogP contribution in [-0.2, 0) is 0 Å². The zero-order chi connectivity index (χ0) is 10.3. The zero-order valence-electron chi connectivity index (χ0n) is 9.85. The smallest absolute Gasteiger partial charge is 0.0146 e. The summed E-state index contributed by atoms with van der Waals surface area (Å²) in [7, 11) is 0. The van der Waals surface area contributed by atoms with Crippen molar-refractivity contribution in [1.29, 1.82) is 0 Å². The summed E-state index contributed by atoms with van der Waals surface area (Å²) < 4.78 is 0. The van der Waals surface area contributed by atoms with Gasteiger partial charge in [0.25, 0.3) is 0 Å². The molecule has 0 aliphatic heterocycles. The molecule has 0 aromatic heterocycles. The van der Waals surface area contributed by atoms with Gasteiger partial charge in [0.15, 0.2) is 0 Å². The van der Waals surface area contributed by atoms with E-state index in [1.807, 2.05) is 0 Å². The number of hydrogen-bond donors (Lipinski definition) is 0. The lowest BCUT2D eigenvalue weighted by Gasteiger charge is -2.09. The molecule has 1 atom stereocenters. The SMILES string of the molecule is CC(C)C#CC[C@H](C)CCC(C)C. The Morgan fingerprint density at radius 2 is 1.54 bits per heavy atom. The van der Waals surface area contributed by atoms with Gasteiger partial charge in [-0.25, -0.2) is 0 Å². The average Bonchev–Trinajstić information content (AvgIpc) is 2.00. The van der Waals surface area contributed by atoms with Crippen molar-refractivity contribution < 1.29 is 0 Å². The summed E-state index contributed by atoms with van der Waals surface area (Å²) in [6.45, 7) is 11.2. The molecule has 76 valence electrons. The van der Waals surface area contributed by atoms with E-state index in [1.54, 1.807) is 0 Å². The predicted molar refractivity (Wildman–Crippen MR) is 60.5 cm³/mol. The minimum atomic E-state index is 0.525. The van der Waals surface area contributed by atoms with Gasteiger partial charge in [0.2, 0.25) is 0 Å². The normalized spacial score (nSPS) is 12.8. The van der Waals surface area contributed by atoms with E-state index in [1.165, 1.54) is 12.8 Å². The van der Waals surface area contributed by atoms with Crippen LogP contribution in [0, 0.1) is 29.6 Å². The van der Waals surface area contributed by atoms with E-state index in [0.717, 1.165) is 18.3 Å². The predicted octanol–water partition coefficient (Wildman–Crippen LogP) is 4.11. The van der Waals surface area contributed by atoms with Gasteiger partial charge in [-0.3, -0.25) is 0 Å². The van der Waals surface area contributed by atoms with Crippen molar-refractivity contribution >= 4 is 0 Å². The molecule has 0 unspecified atom stereocenters. The lowest BCUT2D eigenvalue weighted by molar-refractivity contribution is 0.457. The molecule has 0 saturated carbocycles. The van der Waals surface area contributed by atoms with Crippen LogP contribution in [0.25, 0.3) is 0 Å². The minimum absolute atomic E-state index is 0.525. The van der Waals surface area contributed by atoms with Crippen LogP contribution in [0.3, 0.4) is 0 Å². The third-order valence-corrected chi connectivity index (χ3v) is 2.08. The average molecular weight is 180 g/mol. The van der Waals surface area contributed by atoms with E-state index in [0.29, 0.717) is 5.92 Å². The van der Waals surface area contributed by atoms with Crippen LogP contribution in [0.5, 0.6) is 0 Å². The maximum Gasteiger partial charge on any atom is 0.0146 e. The van der Waals surface area contributed by atoms with Gasteiger partial charge in [0.05, 0.1) is 0 Å². The highest BCUT2D eigenvalue weighted by molar-refractivity contribution is 5.01. The fourth-order valence-electron chi connectivity index (χ4n) is 1.16. The van der Waals surface area contributed by atoms with E-state index in [2.05, 4.69) is 46.5 Å². The molecule has 0 aliphatic carbocycles. The first-order valence-electron chi connectivity index (χ1n) is 5.50. The van der Waals surface area contributed by atoms with Crippen molar-refractivity contribution in [2.24, 2.45) is 17.8 Å². The van der Waals surface area contributed by atoms with Crippen LogP contribution >= 0.6 is 0 Å². The van der Waals surface area contributed by atoms with Crippen LogP contribution in [0.4, 0.5) is 0 Å². The first-order chi connectivity index (χ1) is 6.02. The summed E-state index contributed by atoms with van der Waals surface area (Å²) in [6, 6.07) is 0. The second-order valence-corrected chi connectivity index (χ2v) is 4.76. The molecule has 0 spiro atoms. The molecule has 0 aromatic carbocycles. The highest BCUT2D eigenvalue weighted by Gasteiger charge is 2.01. The maximum atomic E-state index is 3.26. The van der Waals surface area contributed by atoms with Gasteiger partial charge in [-0.05, 0) is 18.3 Å². The fourth-order valence-corrected chi connectivity index (χ4v) is 1.16. The summed E-state index contributed by atoms with van der Waals surface area (Å²) >= 11 is 0. The Morgan fingerprint density at radius 1 is 0.923 bits per heavy atom. The number of rotatable bonds is 4. The quantitative estimate of drug-likeness (QED) is 0.571. The Morgan fingerprint density at radius 3 is 2.00 bits per heavy atom. The molecule has 0 amide bonds. The molecule has 0 fully saturated rings. The lowest BCUT2D eigenvalue weighted by atomic mass is 9.97. The van der Waals surface area contributed by atoms with E-state index < -0.39 is 0 Å². The first-order valence-corrected chi connectivity index (χ1v) is 5.50.